The minimum Gasteiger partial charge on any atom is -0.351 e. The first kappa shape index (κ1) is 23.3. The zero-order chi connectivity index (χ0) is 23.9. The van der Waals surface area contributed by atoms with Crippen molar-refractivity contribution in [2.75, 3.05) is 11.9 Å². The number of benzene rings is 1. The van der Waals surface area contributed by atoms with Gasteiger partial charge in [0, 0.05) is 24.9 Å². The maximum absolute atomic E-state index is 14.1. The number of carbonyl (C=O) groups excluding carboxylic acids is 3. The van der Waals surface area contributed by atoms with Crippen LogP contribution in [0.15, 0.2) is 18.2 Å². The maximum atomic E-state index is 14.1. The highest BCUT2D eigenvalue weighted by molar-refractivity contribution is 6.14. The van der Waals surface area contributed by atoms with Gasteiger partial charge in [-0.3, -0.25) is 14.4 Å². The number of carbonyl (C=O) groups is 3. The third kappa shape index (κ3) is 4.23. The number of hydrogen-bond acceptors (Lipinski definition) is 3. The second-order valence-corrected chi connectivity index (χ2v) is 10.0. The van der Waals surface area contributed by atoms with Crippen molar-refractivity contribution in [3.63, 3.8) is 0 Å². The van der Waals surface area contributed by atoms with Crippen molar-refractivity contribution in [3.05, 3.63) is 29.7 Å². The van der Waals surface area contributed by atoms with Crippen molar-refractivity contribution in [2.24, 2.45) is 5.92 Å². The predicted molar refractivity (Wildman–Crippen MR) is 125 cm³/mol. The Hall–Kier alpha value is -2.90. The molecule has 178 valence electrons. The molecule has 0 saturated heterocycles. The van der Waals surface area contributed by atoms with Crippen LogP contribution in [0.25, 0.3) is 10.9 Å². The average molecular weight is 457 g/mol. The molecule has 2 aromatic rings. The topological polar surface area (TPSA) is 83.4 Å². The number of rotatable bonds is 6. The van der Waals surface area contributed by atoms with Gasteiger partial charge in [0.15, 0.2) is 0 Å². The second kappa shape index (κ2) is 8.80. The van der Waals surface area contributed by atoms with Crippen LogP contribution >= 0.6 is 0 Å². The van der Waals surface area contributed by atoms with E-state index in [0.29, 0.717) is 34.7 Å². The Morgan fingerprint density at radius 3 is 2.58 bits per heavy atom. The number of anilines is 1. The summed E-state index contributed by atoms with van der Waals surface area (Å²) in [6, 6.07) is 4.39. The van der Waals surface area contributed by atoms with Crippen molar-refractivity contribution in [3.8, 4) is 0 Å². The Balaban J connectivity index is 1.84. The molecule has 2 heterocycles. The van der Waals surface area contributed by atoms with Crippen LogP contribution in [-0.4, -0.2) is 45.3 Å². The molecule has 3 amide bonds. The summed E-state index contributed by atoms with van der Waals surface area (Å²) in [6.45, 7) is 7.97. The van der Waals surface area contributed by atoms with Gasteiger partial charge in [-0.2, -0.15) is 0 Å². The third-order valence-corrected chi connectivity index (χ3v) is 6.95. The fourth-order valence-electron chi connectivity index (χ4n) is 5.10. The fraction of sp³-hybridized carbons (Fsp3) is 0.560. The van der Waals surface area contributed by atoms with E-state index in [4.69, 9.17) is 0 Å². The Morgan fingerprint density at radius 2 is 1.94 bits per heavy atom. The van der Waals surface area contributed by atoms with Crippen molar-refractivity contribution < 1.29 is 18.8 Å². The molecule has 1 atom stereocenters. The van der Waals surface area contributed by atoms with Gasteiger partial charge in [-0.25, -0.2) is 4.39 Å². The van der Waals surface area contributed by atoms with Crippen molar-refractivity contribution >= 4 is 34.3 Å². The number of hydrogen-bond donors (Lipinski definition) is 2. The molecular weight excluding hydrogens is 423 g/mol. The van der Waals surface area contributed by atoms with Gasteiger partial charge in [0.05, 0.1) is 17.7 Å². The normalized spacial score (nSPS) is 21.0. The first-order chi connectivity index (χ1) is 15.6. The molecule has 0 radical (unpaired) electrons. The summed E-state index contributed by atoms with van der Waals surface area (Å²) in [6.07, 6.45) is 4.82. The molecule has 1 aromatic heterocycles. The van der Waals surface area contributed by atoms with Crippen molar-refractivity contribution in [2.45, 2.75) is 77.9 Å². The lowest BCUT2D eigenvalue weighted by molar-refractivity contribution is -0.133. The largest absolute Gasteiger partial charge is 0.351 e. The number of nitrogens with zero attached hydrogens (tertiary/aromatic N) is 2. The zero-order valence-corrected chi connectivity index (χ0v) is 19.8. The van der Waals surface area contributed by atoms with Gasteiger partial charge in [0.2, 0.25) is 11.8 Å². The number of nitrogens with one attached hydrogen (secondary N) is 2. The van der Waals surface area contributed by atoms with Gasteiger partial charge in [-0.05, 0) is 50.3 Å². The summed E-state index contributed by atoms with van der Waals surface area (Å²) in [7, 11) is 0. The van der Waals surface area contributed by atoms with E-state index in [-0.39, 0.29) is 30.3 Å². The van der Waals surface area contributed by atoms with Crippen LogP contribution in [0.5, 0.6) is 0 Å². The molecule has 2 N–H and O–H groups in total. The van der Waals surface area contributed by atoms with E-state index in [9.17, 15) is 18.8 Å². The number of halogens is 1. The highest BCUT2D eigenvalue weighted by Gasteiger charge is 2.49. The molecule has 1 fully saturated rings. The van der Waals surface area contributed by atoms with E-state index in [1.54, 1.807) is 15.5 Å². The monoisotopic (exact) mass is 456 g/mol. The van der Waals surface area contributed by atoms with Crippen LogP contribution in [0.4, 0.5) is 10.1 Å². The Bertz CT molecular complexity index is 1100. The van der Waals surface area contributed by atoms with E-state index in [2.05, 4.69) is 24.5 Å². The lowest BCUT2D eigenvalue weighted by Crippen LogP contribution is -2.65. The van der Waals surface area contributed by atoms with E-state index >= 15 is 0 Å². The molecule has 2 aliphatic rings. The summed E-state index contributed by atoms with van der Waals surface area (Å²) in [5.74, 6) is -0.948. The standard InChI is InChI=1S/C25H33FN4O3/c1-15(2)11-12-30-23(32)22-21(27-16(3)31)19-13-17(26)9-10-20(19)29(22)14-25(30,4)24(33)28-18-7-5-6-8-18/h9-10,13,15,18H,5-8,11-12,14H2,1-4H3,(H,27,31)(H,28,33). The van der Waals surface area contributed by atoms with Gasteiger partial charge >= 0.3 is 0 Å². The highest BCUT2D eigenvalue weighted by atomic mass is 19.1. The first-order valence-corrected chi connectivity index (χ1v) is 11.8. The molecule has 1 aliphatic carbocycles. The summed E-state index contributed by atoms with van der Waals surface area (Å²) in [4.78, 5) is 41.1. The average Bonchev–Trinajstić information content (AvgIpc) is 3.34. The molecule has 0 spiro atoms. The molecule has 1 saturated carbocycles. The van der Waals surface area contributed by atoms with E-state index in [0.717, 1.165) is 32.1 Å². The molecule has 0 bridgehead atoms. The summed E-state index contributed by atoms with van der Waals surface area (Å²) >= 11 is 0. The Kier molecular flexibility index (Phi) is 6.20. The number of aromatic nitrogens is 1. The van der Waals surface area contributed by atoms with E-state index < -0.39 is 11.4 Å². The van der Waals surface area contributed by atoms with Gasteiger partial charge in [0.1, 0.15) is 17.1 Å². The molecule has 7 nitrogen and oxygen atoms in total. The van der Waals surface area contributed by atoms with Crippen LogP contribution < -0.4 is 10.6 Å². The van der Waals surface area contributed by atoms with Crippen LogP contribution in [0.2, 0.25) is 0 Å². The van der Waals surface area contributed by atoms with E-state index in [1.807, 2.05) is 6.92 Å². The molecule has 4 rings (SSSR count). The highest BCUT2D eigenvalue weighted by Crippen LogP contribution is 2.39. The Morgan fingerprint density at radius 1 is 1.24 bits per heavy atom. The Labute approximate surface area is 193 Å². The minimum absolute atomic E-state index is 0.128. The minimum atomic E-state index is -1.10. The summed E-state index contributed by atoms with van der Waals surface area (Å²) in [5.41, 5.74) is 0.109. The van der Waals surface area contributed by atoms with Crippen molar-refractivity contribution in [1.82, 2.24) is 14.8 Å². The van der Waals surface area contributed by atoms with Crippen LogP contribution in [-0.2, 0) is 16.1 Å². The SMILES string of the molecule is CC(=O)Nc1c2n(c3ccc(F)cc13)CC(C)(C(=O)NC1CCCC1)N(CCC(C)C)C2=O. The third-order valence-electron chi connectivity index (χ3n) is 6.95. The lowest BCUT2D eigenvalue weighted by Gasteiger charge is -2.45. The molecule has 8 heteroatoms. The number of amides is 3. The van der Waals surface area contributed by atoms with Crippen LogP contribution in [0.1, 0.15) is 70.3 Å². The van der Waals surface area contributed by atoms with Gasteiger partial charge in [0.25, 0.3) is 5.91 Å². The van der Waals surface area contributed by atoms with Crippen molar-refractivity contribution in [1.29, 1.82) is 0 Å². The smallest absolute Gasteiger partial charge is 0.273 e. The zero-order valence-electron chi connectivity index (χ0n) is 19.8. The molecule has 1 aliphatic heterocycles. The van der Waals surface area contributed by atoms with Crippen LogP contribution in [0, 0.1) is 11.7 Å². The first-order valence-electron chi connectivity index (χ1n) is 11.8. The van der Waals surface area contributed by atoms with E-state index in [1.165, 1.54) is 19.1 Å². The lowest BCUT2D eigenvalue weighted by atomic mass is 9.93. The molecule has 1 unspecified atom stereocenters. The van der Waals surface area contributed by atoms with Gasteiger partial charge in [-0.15, -0.1) is 0 Å². The number of fused-ring (bicyclic) bond motifs is 3. The predicted octanol–water partition coefficient (Wildman–Crippen LogP) is 4.06. The summed E-state index contributed by atoms with van der Waals surface area (Å²) < 4.78 is 15.9. The second-order valence-electron chi connectivity index (χ2n) is 10.0. The summed E-state index contributed by atoms with van der Waals surface area (Å²) in [5, 5.41) is 6.37. The van der Waals surface area contributed by atoms with Crippen LogP contribution in [0.3, 0.4) is 0 Å². The maximum Gasteiger partial charge on any atom is 0.273 e. The molecule has 1 aromatic carbocycles. The molecular formula is C25H33FN4O3. The molecule has 33 heavy (non-hydrogen) atoms. The quantitative estimate of drug-likeness (QED) is 0.688. The van der Waals surface area contributed by atoms with Gasteiger partial charge < -0.3 is 20.1 Å². The fourth-order valence-corrected chi connectivity index (χ4v) is 5.10. The van der Waals surface area contributed by atoms with Gasteiger partial charge in [-0.1, -0.05) is 26.7 Å².